The third kappa shape index (κ3) is 7.89. The summed E-state index contributed by atoms with van der Waals surface area (Å²) < 4.78 is 38.3. The van der Waals surface area contributed by atoms with Crippen LogP contribution in [-0.4, -0.2) is 29.4 Å². The Labute approximate surface area is 160 Å². The monoisotopic (exact) mass is 400 g/mol. The summed E-state index contributed by atoms with van der Waals surface area (Å²) in [5.74, 6) is -2.33. The van der Waals surface area contributed by atoms with Crippen molar-refractivity contribution in [2.75, 3.05) is 5.32 Å². The van der Waals surface area contributed by atoms with Crippen molar-refractivity contribution in [2.24, 2.45) is 5.92 Å². The van der Waals surface area contributed by atoms with Gasteiger partial charge in [0.2, 0.25) is 11.8 Å². The highest BCUT2D eigenvalue weighted by atomic mass is 19.4. The molecule has 9 heteroatoms. The second-order valence-corrected chi connectivity index (χ2v) is 6.71. The van der Waals surface area contributed by atoms with Gasteiger partial charge >= 0.3 is 6.18 Å². The fourth-order valence-electron chi connectivity index (χ4n) is 2.35. The molecule has 28 heavy (non-hydrogen) atoms. The van der Waals surface area contributed by atoms with E-state index in [1.807, 2.05) is 0 Å². The van der Waals surface area contributed by atoms with E-state index in [0.29, 0.717) is 0 Å². The van der Waals surface area contributed by atoms with Gasteiger partial charge in [0.15, 0.2) is 5.78 Å². The largest absolute Gasteiger partial charge is 0.416 e. The summed E-state index contributed by atoms with van der Waals surface area (Å²) in [7, 11) is 0. The summed E-state index contributed by atoms with van der Waals surface area (Å²) in [5, 5.41) is 4.73. The summed E-state index contributed by atoms with van der Waals surface area (Å²) in [4.78, 5) is 47.4. The van der Waals surface area contributed by atoms with E-state index in [0.717, 1.165) is 18.2 Å². The lowest BCUT2D eigenvalue weighted by molar-refractivity contribution is -0.137. The Balaban J connectivity index is 2.82. The minimum absolute atomic E-state index is 0.00481. The zero-order valence-corrected chi connectivity index (χ0v) is 15.9. The second kappa shape index (κ2) is 10.0. The van der Waals surface area contributed by atoms with Gasteiger partial charge in [-0.2, -0.15) is 13.2 Å². The Morgan fingerprint density at radius 2 is 1.68 bits per heavy atom. The van der Waals surface area contributed by atoms with Crippen LogP contribution in [0.4, 0.5) is 18.9 Å². The number of carbonyl (C=O) groups is 4. The van der Waals surface area contributed by atoms with E-state index in [1.54, 1.807) is 13.8 Å². The Hall–Kier alpha value is -2.71. The average molecular weight is 400 g/mol. The number of ketones is 2. The molecule has 0 aliphatic carbocycles. The van der Waals surface area contributed by atoms with Crippen LogP contribution in [0.25, 0.3) is 0 Å². The minimum Gasteiger partial charge on any atom is -0.346 e. The number of alkyl halides is 3. The molecule has 0 aliphatic rings. The van der Waals surface area contributed by atoms with Gasteiger partial charge in [-0.05, 0) is 25.1 Å². The van der Waals surface area contributed by atoms with Crippen molar-refractivity contribution >= 4 is 29.1 Å². The Bertz CT molecular complexity index is 745. The highest BCUT2D eigenvalue weighted by Gasteiger charge is 2.31. The molecule has 1 aromatic carbocycles. The number of rotatable bonds is 9. The van der Waals surface area contributed by atoms with E-state index in [2.05, 4.69) is 10.6 Å². The van der Waals surface area contributed by atoms with E-state index in [1.165, 1.54) is 13.0 Å². The number of hydrogen-bond donors (Lipinski definition) is 2. The SMILES string of the molecule is CC(=O)CCC(=O)NC(CC(=O)Nc1cccc(C(F)(F)F)c1)C(=O)C(C)C. The van der Waals surface area contributed by atoms with Crippen molar-refractivity contribution in [3.8, 4) is 0 Å². The first-order chi connectivity index (χ1) is 12.9. The lowest BCUT2D eigenvalue weighted by Gasteiger charge is -2.19. The van der Waals surface area contributed by atoms with Gasteiger partial charge in [0.05, 0.1) is 18.0 Å². The molecular formula is C19H23F3N2O4. The first-order valence-corrected chi connectivity index (χ1v) is 8.69. The molecule has 0 heterocycles. The molecule has 0 radical (unpaired) electrons. The number of Topliss-reactive ketones (excluding diaryl/α,β-unsaturated/α-hetero) is 2. The van der Waals surface area contributed by atoms with Gasteiger partial charge in [0, 0.05) is 24.4 Å². The van der Waals surface area contributed by atoms with Gasteiger partial charge in [-0.15, -0.1) is 0 Å². The fraction of sp³-hybridized carbons (Fsp3) is 0.474. The fourth-order valence-corrected chi connectivity index (χ4v) is 2.35. The number of halogens is 3. The van der Waals surface area contributed by atoms with Gasteiger partial charge in [0.1, 0.15) is 5.78 Å². The molecule has 154 valence electrons. The van der Waals surface area contributed by atoms with Crippen LogP contribution in [0.2, 0.25) is 0 Å². The van der Waals surface area contributed by atoms with Crippen LogP contribution < -0.4 is 10.6 Å². The van der Waals surface area contributed by atoms with Crippen LogP contribution in [0.1, 0.15) is 45.6 Å². The Morgan fingerprint density at radius 1 is 1.04 bits per heavy atom. The summed E-state index contributed by atoms with van der Waals surface area (Å²) in [6, 6.07) is 2.96. The summed E-state index contributed by atoms with van der Waals surface area (Å²) in [6.07, 6.45) is -5.10. The molecule has 2 N–H and O–H groups in total. The summed E-state index contributed by atoms with van der Waals surface area (Å²) >= 11 is 0. The maximum absolute atomic E-state index is 12.8. The Morgan fingerprint density at radius 3 is 2.21 bits per heavy atom. The topological polar surface area (TPSA) is 92.3 Å². The molecular weight excluding hydrogens is 377 g/mol. The van der Waals surface area contributed by atoms with E-state index in [9.17, 15) is 32.3 Å². The van der Waals surface area contributed by atoms with Crippen LogP contribution in [-0.2, 0) is 25.4 Å². The maximum atomic E-state index is 12.8. The van der Waals surface area contributed by atoms with E-state index in [4.69, 9.17) is 0 Å². The van der Waals surface area contributed by atoms with Crippen molar-refractivity contribution in [1.29, 1.82) is 0 Å². The highest BCUT2D eigenvalue weighted by molar-refractivity contribution is 5.98. The molecule has 0 spiro atoms. The molecule has 0 saturated carbocycles. The van der Waals surface area contributed by atoms with Crippen molar-refractivity contribution in [3.63, 3.8) is 0 Å². The zero-order chi connectivity index (χ0) is 21.5. The van der Waals surface area contributed by atoms with Crippen LogP contribution >= 0.6 is 0 Å². The molecule has 1 unspecified atom stereocenters. The number of hydrogen-bond acceptors (Lipinski definition) is 4. The standard InChI is InChI=1S/C19H23F3N2O4/c1-11(2)18(28)15(24-16(26)8-7-12(3)25)10-17(27)23-14-6-4-5-13(9-14)19(20,21)22/h4-6,9,11,15H,7-8,10H2,1-3H3,(H,23,27)(H,24,26). The predicted molar refractivity (Wildman–Crippen MR) is 96.4 cm³/mol. The summed E-state index contributed by atoms with van der Waals surface area (Å²) in [5.41, 5.74) is -0.990. The van der Waals surface area contributed by atoms with Crippen molar-refractivity contribution in [2.45, 2.75) is 52.3 Å². The maximum Gasteiger partial charge on any atom is 0.416 e. The van der Waals surface area contributed by atoms with Crippen molar-refractivity contribution in [1.82, 2.24) is 5.32 Å². The lowest BCUT2D eigenvalue weighted by atomic mass is 9.98. The molecule has 1 atom stereocenters. The van der Waals surface area contributed by atoms with Gasteiger partial charge in [-0.3, -0.25) is 14.4 Å². The first kappa shape index (κ1) is 23.3. The molecule has 0 bridgehead atoms. The average Bonchev–Trinajstić information content (AvgIpc) is 2.58. The molecule has 0 aromatic heterocycles. The third-order valence-electron chi connectivity index (χ3n) is 3.81. The second-order valence-electron chi connectivity index (χ2n) is 6.71. The zero-order valence-electron chi connectivity index (χ0n) is 15.9. The first-order valence-electron chi connectivity index (χ1n) is 8.69. The lowest BCUT2D eigenvalue weighted by Crippen LogP contribution is -2.44. The molecule has 1 aromatic rings. The number of nitrogens with one attached hydrogen (secondary N) is 2. The molecule has 6 nitrogen and oxygen atoms in total. The van der Waals surface area contributed by atoms with E-state index in [-0.39, 0.29) is 24.3 Å². The van der Waals surface area contributed by atoms with Crippen molar-refractivity contribution < 1.29 is 32.3 Å². The van der Waals surface area contributed by atoms with Gasteiger partial charge in [0.25, 0.3) is 0 Å². The van der Waals surface area contributed by atoms with Gasteiger partial charge in [-0.25, -0.2) is 0 Å². The number of amides is 2. The quantitative estimate of drug-likeness (QED) is 0.666. The van der Waals surface area contributed by atoms with E-state index < -0.39 is 47.7 Å². The van der Waals surface area contributed by atoms with Crippen LogP contribution in [0.5, 0.6) is 0 Å². The summed E-state index contributed by atoms with van der Waals surface area (Å²) in [6.45, 7) is 4.52. The third-order valence-corrected chi connectivity index (χ3v) is 3.81. The van der Waals surface area contributed by atoms with Crippen molar-refractivity contribution in [3.05, 3.63) is 29.8 Å². The molecule has 2 amide bonds. The Kier molecular flexibility index (Phi) is 8.34. The van der Waals surface area contributed by atoms with Gasteiger partial charge in [-0.1, -0.05) is 19.9 Å². The highest BCUT2D eigenvalue weighted by Crippen LogP contribution is 2.30. The van der Waals surface area contributed by atoms with Crippen LogP contribution in [0.3, 0.4) is 0 Å². The molecule has 0 saturated heterocycles. The van der Waals surface area contributed by atoms with Crippen LogP contribution in [0, 0.1) is 5.92 Å². The normalized spacial score (nSPS) is 12.4. The number of anilines is 1. The molecule has 0 fully saturated rings. The van der Waals surface area contributed by atoms with E-state index >= 15 is 0 Å². The van der Waals surface area contributed by atoms with Gasteiger partial charge < -0.3 is 15.4 Å². The minimum atomic E-state index is -4.55. The predicted octanol–water partition coefficient (Wildman–Crippen LogP) is 3.11. The number of carbonyl (C=O) groups excluding carboxylic acids is 4. The molecule has 1 rings (SSSR count). The number of benzene rings is 1. The van der Waals surface area contributed by atoms with Crippen LogP contribution in [0.15, 0.2) is 24.3 Å². The molecule has 0 aliphatic heterocycles. The smallest absolute Gasteiger partial charge is 0.346 e.